The van der Waals surface area contributed by atoms with E-state index in [1.54, 1.807) is 13.2 Å². The van der Waals surface area contributed by atoms with E-state index in [-0.39, 0.29) is 12.5 Å². The first-order valence-electron chi connectivity index (χ1n) is 6.97. The van der Waals surface area contributed by atoms with Crippen LogP contribution in [0.15, 0.2) is 30.9 Å². The Balaban J connectivity index is 2.66. The van der Waals surface area contributed by atoms with Gasteiger partial charge in [0.25, 0.3) is 5.91 Å². The van der Waals surface area contributed by atoms with E-state index in [9.17, 15) is 4.79 Å². The second-order valence-electron chi connectivity index (χ2n) is 4.90. The van der Waals surface area contributed by atoms with Crippen LogP contribution in [0.5, 0.6) is 11.5 Å². The van der Waals surface area contributed by atoms with Crippen LogP contribution in [0.3, 0.4) is 0 Å². The van der Waals surface area contributed by atoms with Crippen molar-refractivity contribution in [3.05, 3.63) is 36.4 Å². The molecule has 1 rings (SSSR count). The van der Waals surface area contributed by atoms with Gasteiger partial charge in [-0.2, -0.15) is 0 Å². The third-order valence-electron chi connectivity index (χ3n) is 2.74. The molecule has 0 atom stereocenters. The van der Waals surface area contributed by atoms with Crippen molar-refractivity contribution in [3.8, 4) is 11.5 Å². The molecule has 0 bridgehead atoms. The summed E-state index contributed by atoms with van der Waals surface area (Å²) in [6.07, 6.45) is 1.62. The van der Waals surface area contributed by atoms with Crippen LogP contribution in [0.25, 0.3) is 0 Å². The van der Waals surface area contributed by atoms with Crippen molar-refractivity contribution >= 4 is 5.91 Å². The first kappa shape index (κ1) is 17.0. The van der Waals surface area contributed by atoms with Crippen LogP contribution in [-0.4, -0.2) is 32.2 Å². The molecule has 116 valence electrons. The molecule has 0 saturated heterocycles. The molecule has 5 heteroatoms. The lowest BCUT2D eigenvalue weighted by Crippen LogP contribution is -2.28. The van der Waals surface area contributed by atoms with Gasteiger partial charge in [0.2, 0.25) is 0 Å². The molecule has 0 saturated carbocycles. The van der Waals surface area contributed by atoms with Crippen molar-refractivity contribution in [1.29, 1.82) is 0 Å². The summed E-state index contributed by atoms with van der Waals surface area (Å²) in [4.78, 5) is 11.5. The lowest BCUT2D eigenvalue weighted by molar-refractivity contribution is -0.122. The molecular formula is C16H24N2O3. The Morgan fingerprint density at radius 3 is 2.76 bits per heavy atom. The summed E-state index contributed by atoms with van der Waals surface area (Å²) >= 11 is 0. The molecule has 0 unspecified atom stereocenters. The number of carbonyl (C=O) groups is 1. The lowest BCUT2D eigenvalue weighted by Gasteiger charge is -2.13. The molecule has 0 heterocycles. The minimum atomic E-state index is -0.192. The number of methoxy groups -OCH3 is 1. The Kier molecular flexibility index (Phi) is 7.32. The van der Waals surface area contributed by atoms with E-state index in [2.05, 4.69) is 31.1 Å². The summed E-state index contributed by atoms with van der Waals surface area (Å²) in [5.74, 6) is 0.983. The molecule has 1 aromatic carbocycles. The predicted molar refractivity (Wildman–Crippen MR) is 83.7 cm³/mol. The summed E-state index contributed by atoms with van der Waals surface area (Å²) < 4.78 is 10.8. The molecule has 1 amide bonds. The maximum absolute atomic E-state index is 11.5. The Morgan fingerprint density at radius 1 is 1.38 bits per heavy atom. The van der Waals surface area contributed by atoms with E-state index in [1.165, 1.54) is 0 Å². The zero-order valence-corrected chi connectivity index (χ0v) is 12.9. The number of nitrogens with one attached hydrogen (secondary N) is 2. The van der Waals surface area contributed by atoms with E-state index in [0.717, 1.165) is 12.1 Å². The highest BCUT2D eigenvalue weighted by Crippen LogP contribution is 2.28. The monoisotopic (exact) mass is 292 g/mol. The molecule has 0 aliphatic carbocycles. The SMILES string of the molecule is C=CCNC(=O)COc1cc(CNC(C)C)ccc1OC. The summed E-state index contributed by atoms with van der Waals surface area (Å²) in [6, 6.07) is 6.10. The van der Waals surface area contributed by atoms with Crippen LogP contribution < -0.4 is 20.1 Å². The normalized spacial score (nSPS) is 10.3. The lowest BCUT2D eigenvalue weighted by atomic mass is 10.2. The van der Waals surface area contributed by atoms with Crippen LogP contribution >= 0.6 is 0 Å². The van der Waals surface area contributed by atoms with Crippen LogP contribution in [0.2, 0.25) is 0 Å². The third-order valence-corrected chi connectivity index (χ3v) is 2.74. The molecule has 0 radical (unpaired) electrons. The van der Waals surface area contributed by atoms with E-state index < -0.39 is 0 Å². The van der Waals surface area contributed by atoms with Crippen LogP contribution in [0, 0.1) is 0 Å². The fourth-order valence-electron chi connectivity index (χ4n) is 1.65. The van der Waals surface area contributed by atoms with Gasteiger partial charge in [-0.05, 0) is 17.7 Å². The molecule has 1 aromatic rings. The smallest absolute Gasteiger partial charge is 0.258 e. The van der Waals surface area contributed by atoms with Gasteiger partial charge in [-0.1, -0.05) is 26.0 Å². The van der Waals surface area contributed by atoms with Gasteiger partial charge in [0.1, 0.15) is 0 Å². The zero-order valence-electron chi connectivity index (χ0n) is 12.9. The molecule has 0 aliphatic rings. The predicted octanol–water partition coefficient (Wildman–Crippen LogP) is 1.87. The Hall–Kier alpha value is -2.01. The fraction of sp³-hybridized carbons (Fsp3) is 0.438. The minimum absolute atomic E-state index is 0.0503. The van der Waals surface area contributed by atoms with Gasteiger partial charge in [-0.15, -0.1) is 6.58 Å². The van der Waals surface area contributed by atoms with Crippen molar-refractivity contribution in [1.82, 2.24) is 10.6 Å². The highest BCUT2D eigenvalue weighted by Gasteiger charge is 2.08. The van der Waals surface area contributed by atoms with Gasteiger partial charge in [0, 0.05) is 19.1 Å². The Bertz CT molecular complexity index is 473. The van der Waals surface area contributed by atoms with Crippen molar-refractivity contribution in [2.75, 3.05) is 20.3 Å². The van der Waals surface area contributed by atoms with Gasteiger partial charge in [-0.25, -0.2) is 0 Å². The van der Waals surface area contributed by atoms with Gasteiger partial charge in [-0.3, -0.25) is 4.79 Å². The van der Waals surface area contributed by atoms with E-state index in [4.69, 9.17) is 9.47 Å². The summed E-state index contributed by atoms with van der Waals surface area (Å²) in [5.41, 5.74) is 1.07. The fourth-order valence-corrected chi connectivity index (χ4v) is 1.65. The van der Waals surface area contributed by atoms with Crippen molar-refractivity contribution in [2.24, 2.45) is 0 Å². The number of ether oxygens (including phenoxy) is 2. The maximum atomic E-state index is 11.5. The first-order valence-corrected chi connectivity index (χ1v) is 6.97. The van der Waals surface area contributed by atoms with Gasteiger partial charge < -0.3 is 20.1 Å². The van der Waals surface area contributed by atoms with Crippen LogP contribution in [0.4, 0.5) is 0 Å². The number of hydrogen-bond donors (Lipinski definition) is 2. The molecule has 0 aromatic heterocycles. The maximum Gasteiger partial charge on any atom is 0.258 e. The van der Waals surface area contributed by atoms with E-state index >= 15 is 0 Å². The van der Waals surface area contributed by atoms with Gasteiger partial charge in [0.05, 0.1) is 7.11 Å². The standard InChI is InChI=1S/C16H24N2O3/c1-5-8-17-16(19)11-21-15-9-13(10-18-12(2)3)6-7-14(15)20-4/h5-7,9,12,18H,1,8,10-11H2,2-4H3,(H,17,19). The highest BCUT2D eigenvalue weighted by atomic mass is 16.5. The first-order chi connectivity index (χ1) is 10.1. The van der Waals surface area contributed by atoms with E-state index in [0.29, 0.717) is 24.1 Å². The number of hydrogen-bond acceptors (Lipinski definition) is 4. The molecule has 0 spiro atoms. The minimum Gasteiger partial charge on any atom is -0.493 e. The van der Waals surface area contributed by atoms with Gasteiger partial charge in [0.15, 0.2) is 18.1 Å². The van der Waals surface area contributed by atoms with E-state index in [1.807, 2.05) is 18.2 Å². The van der Waals surface area contributed by atoms with Gasteiger partial charge >= 0.3 is 0 Å². The number of benzene rings is 1. The van der Waals surface area contributed by atoms with Crippen LogP contribution in [0.1, 0.15) is 19.4 Å². The van der Waals surface area contributed by atoms with Crippen molar-refractivity contribution in [2.45, 2.75) is 26.4 Å². The van der Waals surface area contributed by atoms with Crippen molar-refractivity contribution in [3.63, 3.8) is 0 Å². The van der Waals surface area contributed by atoms with Crippen LogP contribution in [-0.2, 0) is 11.3 Å². The molecule has 0 aliphatic heterocycles. The molecule has 0 fully saturated rings. The third kappa shape index (κ3) is 6.31. The number of carbonyl (C=O) groups excluding carboxylic acids is 1. The number of amides is 1. The zero-order chi connectivity index (χ0) is 15.7. The molecule has 21 heavy (non-hydrogen) atoms. The molecular weight excluding hydrogens is 268 g/mol. The Labute approximate surface area is 126 Å². The largest absolute Gasteiger partial charge is 0.493 e. The molecule has 5 nitrogen and oxygen atoms in total. The highest BCUT2D eigenvalue weighted by molar-refractivity contribution is 5.77. The summed E-state index contributed by atoms with van der Waals surface area (Å²) in [6.45, 7) is 8.83. The Morgan fingerprint density at radius 2 is 2.14 bits per heavy atom. The topological polar surface area (TPSA) is 59.6 Å². The second-order valence-corrected chi connectivity index (χ2v) is 4.90. The molecule has 2 N–H and O–H groups in total. The summed E-state index contributed by atoms with van der Waals surface area (Å²) in [7, 11) is 1.58. The van der Waals surface area contributed by atoms with Crippen molar-refractivity contribution < 1.29 is 14.3 Å². The quantitative estimate of drug-likeness (QED) is 0.682. The average Bonchev–Trinajstić information content (AvgIpc) is 2.48. The number of rotatable bonds is 9. The average molecular weight is 292 g/mol. The summed E-state index contributed by atoms with van der Waals surface area (Å²) in [5, 5.41) is 5.99. The second kappa shape index (κ2) is 9.02.